The van der Waals surface area contributed by atoms with Crippen LogP contribution in [0.15, 0.2) is 34.5 Å². The molecule has 0 atom stereocenters. The van der Waals surface area contributed by atoms with Gasteiger partial charge in [0.2, 0.25) is 5.91 Å². The van der Waals surface area contributed by atoms with Crippen molar-refractivity contribution in [2.24, 2.45) is 10.2 Å². The van der Waals surface area contributed by atoms with Crippen molar-refractivity contribution in [1.82, 2.24) is 5.32 Å². The van der Waals surface area contributed by atoms with Gasteiger partial charge in [-0.2, -0.15) is 15.5 Å². The summed E-state index contributed by atoms with van der Waals surface area (Å²) in [6.45, 7) is 0.580. The minimum Gasteiger partial charge on any atom is -0.356 e. The zero-order valence-corrected chi connectivity index (χ0v) is 12.4. The lowest BCUT2D eigenvalue weighted by molar-refractivity contribution is -0.121. The second kappa shape index (κ2) is 7.38. The average molecular weight is 294 g/mol. The van der Waals surface area contributed by atoms with Crippen molar-refractivity contribution in [3.05, 3.63) is 35.4 Å². The summed E-state index contributed by atoms with van der Waals surface area (Å²) < 4.78 is 0. The monoisotopic (exact) mass is 294 g/mol. The van der Waals surface area contributed by atoms with Gasteiger partial charge < -0.3 is 5.32 Å². The first kappa shape index (κ1) is 15.7. The third kappa shape index (κ3) is 4.71. The Morgan fingerprint density at radius 1 is 1.27 bits per heavy atom. The highest BCUT2D eigenvalue weighted by atomic mass is 16.1. The molecule has 0 unspecified atom stereocenters. The van der Waals surface area contributed by atoms with Crippen LogP contribution in [0.25, 0.3) is 0 Å². The molecule has 0 radical (unpaired) electrons. The smallest absolute Gasteiger partial charge is 0.220 e. The van der Waals surface area contributed by atoms with Gasteiger partial charge in [0.15, 0.2) is 5.66 Å². The Morgan fingerprint density at radius 2 is 2.00 bits per heavy atom. The number of terminal acetylenes is 1. The molecule has 112 valence electrons. The van der Waals surface area contributed by atoms with Crippen LogP contribution >= 0.6 is 0 Å². The van der Waals surface area contributed by atoms with E-state index in [0.29, 0.717) is 31.4 Å². The van der Waals surface area contributed by atoms with Gasteiger partial charge in [-0.1, -0.05) is 12.1 Å². The summed E-state index contributed by atoms with van der Waals surface area (Å²) in [6.07, 6.45) is 8.36. The van der Waals surface area contributed by atoms with Crippen molar-refractivity contribution in [1.29, 1.82) is 5.26 Å². The molecule has 0 spiro atoms. The third-order valence-electron chi connectivity index (χ3n) is 3.62. The van der Waals surface area contributed by atoms with Crippen molar-refractivity contribution in [2.75, 3.05) is 6.54 Å². The molecular weight excluding hydrogens is 276 g/mol. The minimum atomic E-state index is -0.392. The first-order chi connectivity index (χ1) is 10.7. The summed E-state index contributed by atoms with van der Waals surface area (Å²) in [4.78, 5) is 11.8. The molecule has 1 heterocycles. The van der Waals surface area contributed by atoms with E-state index in [1.807, 2.05) is 12.1 Å². The number of carbonyl (C=O) groups excluding carboxylic acids is 1. The minimum absolute atomic E-state index is 0.00558. The van der Waals surface area contributed by atoms with Gasteiger partial charge >= 0.3 is 0 Å². The van der Waals surface area contributed by atoms with Gasteiger partial charge in [-0.3, -0.25) is 4.79 Å². The van der Waals surface area contributed by atoms with Crippen LogP contribution in [-0.2, 0) is 11.2 Å². The van der Waals surface area contributed by atoms with E-state index in [4.69, 9.17) is 11.7 Å². The Labute approximate surface area is 130 Å². The number of nitrogens with one attached hydrogen (secondary N) is 1. The quantitative estimate of drug-likeness (QED) is 0.748. The molecule has 1 aromatic carbocycles. The SMILES string of the molecule is C#CCCC1(CCC(=O)NCCc2ccc(C#N)cc2)N=N1. The fraction of sp³-hybridized carbons (Fsp3) is 0.412. The predicted molar refractivity (Wildman–Crippen MR) is 82.8 cm³/mol. The number of nitrogens with zero attached hydrogens (tertiary/aromatic N) is 3. The highest BCUT2D eigenvalue weighted by Crippen LogP contribution is 2.37. The van der Waals surface area contributed by atoms with E-state index < -0.39 is 5.66 Å². The maximum Gasteiger partial charge on any atom is 0.220 e. The Bertz CT molecular complexity index is 628. The predicted octanol–water partition coefficient (Wildman–Crippen LogP) is 2.57. The van der Waals surface area contributed by atoms with Crippen LogP contribution in [0.2, 0.25) is 0 Å². The molecule has 1 aliphatic heterocycles. The van der Waals surface area contributed by atoms with Crippen LogP contribution in [0.4, 0.5) is 0 Å². The second-order valence-electron chi connectivity index (χ2n) is 5.30. The summed E-state index contributed by atoms with van der Waals surface area (Å²) in [5.41, 5.74) is 1.34. The van der Waals surface area contributed by atoms with Crippen LogP contribution < -0.4 is 5.32 Å². The van der Waals surface area contributed by atoms with Crippen LogP contribution in [0.5, 0.6) is 0 Å². The topological polar surface area (TPSA) is 77.6 Å². The highest BCUT2D eigenvalue weighted by molar-refractivity contribution is 5.76. The van der Waals surface area contributed by atoms with E-state index in [-0.39, 0.29) is 5.91 Å². The van der Waals surface area contributed by atoms with Crippen LogP contribution in [0.3, 0.4) is 0 Å². The molecule has 1 aliphatic rings. The zero-order valence-electron chi connectivity index (χ0n) is 12.4. The highest BCUT2D eigenvalue weighted by Gasteiger charge is 2.39. The van der Waals surface area contributed by atoms with Gasteiger partial charge in [-0.05, 0) is 24.1 Å². The number of benzene rings is 1. The molecule has 0 aliphatic carbocycles. The molecule has 0 fully saturated rings. The van der Waals surface area contributed by atoms with Gasteiger partial charge in [0, 0.05) is 32.2 Å². The van der Waals surface area contributed by atoms with E-state index in [2.05, 4.69) is 27.5 Å². The Balaban J connectivity index is 1.64. The summed E-state index contributed by atoms with van der Waals surface area (Å²) in [7, 11) is 0. The summed E-state index contributed by atoms with van der Waals surface area (Å²) in [6, 6.07) is 9.45. The number of rotatable bonds is 8. The van der Waals surface area contributed by atoms with Gasteiger partial charge in [-0.25, -0.2) is 0 Å². The Hall–Kier alpha value is -2.66. The lowest BCUT2D eigenvalue weighted by atomic mass is 10.0. The Kier molecular flexibility index (Phi) is 5.27. The van der Waals surface area contributed by atoms with Crippen molar-refractivity contribution in [3.63, 3.8) is 0 Å². The van der Waals surface area contributed by atoms with E-state index in [9.17, 15) is 4.79 Å². The van der Waals surface area contributed by atoms with E-state index in [1.54, 1.807) is 12.1 Å². The molecule has 5 nitrogen and oxygen atoms in total. The molecule has 1 amide bonds. The zero-order chi connectivity index (χ0) is 15.8. The standard InChI is InChI=1S/C17H18N4O/c1-2-3-10-17(20-21-17)11-8-16(22)19-12-9-14-4-6-15(13-18)7-5-14/h1,4-7H,3,8-12H2,(H,19,22). The molecule has 0 saturated heterocycles. The molecule has 0 bridgehead atoms. The van der Waals surface area contributed by atoms with E-state index in [0.717, 1.165) is 18.4 Å². The number of hydrogen-bond acceptors (Lipinski definition) is 4. The van der Waals surface area contributed by atoms with Gasteiger partial charge in [0.25, 0.3) is 0 Å². The van der Waals surface area contributed by atoms with Crippen LogP contribution in [0.1, 0.15) is 36.8 Å². The van der Waals surface area contributed by atoms with Gasteiger partial charge in [-0.15, -0.1) is 12.3 Å². The van der Waals surface area contributed by atoms with Crippen molar-refractivity contribution in [3.8, 4) is 18.4 Å². The Morgan fingerprint density at radius 3 is 2.59 bits per heavy atom. The number of nitriles is 1. The molecular formula is C17H18N4O. The lowest BCUT2D eigenvalue weighted by Crippen LogP contribution is -2.27. The van der Waals surface area contributed by atoms with E-state index in [1.165, 1.54) is 0 Å². The summed E-state index contributed by atoms with van der Waals surface area (Å²) in [5.74, 6) is 2.58. The maximum atomic E-state index is 11.8. The number of hydrogen-bond donors (Lipinski definition) is 1. The molecule has 5 heteroatoms. The van der Waals surface area contributed by atoms with Gasteiger partial charge in [0.1, 0.15) is 0 Å². The molecule has 0 aromatic heterocycles. The second-order valence-corrected chi connectivity index (χ2v) is 5.30. The van der Waals surface area contributed by atoms with Crippen molar-refractivity contribution in [2.45, 2.75) is 37.8 Å². The molecule has 2 rings (SSSR count). The van der Waals surface area contributed by atoms with E-state index >= 15 is 0 Å². The van der Waals surface area contributed by atoms with Crippen LogP contribution in [-0.4, -0.2) is 18.1 Å². The fourth-order valence-corrected chi connectivity index (χ4v) is 2.16. The maximum absolute atomic E-state index is 11.8. The summed E-state index contributed by atoms with van der Waals surface area (Å²) >= 11 is 0. The molecule has 1 N–H and O–H groups in total. The fourth-order valence-electron chi connectivity index (χ4n) is 2.16. The lowest BCUT2D eigenvalue weighted by Gasteiger charge is -2.09. The molecule has 0 saturated carbocycles. The van der Waals surface area contributed by atoms with Crippen LogP contribution in [0, 0.1) is 23.7 Å². The van der Waals surface area contributed by atoms with Gasteiger partial charge in [0.05, 0.1) is 11.6 Å². The van der Waals surface area contributed by atoms with Crippen molar-refractivity contribution < 1.29 is 4.79 Å². The summed E-state index contributed by atoms with van der Waals surface area (Å²) in [5, 5.41) is 19.6. The first-order valence-electron chi connectivity index (χ1n) is 7.31. The van der Waals surface area contributed by atoms with Crippen molar-refractivity contribution >= 4 is 5.91 Å². The number of carbonyl (C=O) groups is 1. The molecule has 1 aromatic rings. The third-order valence-corrected chi connectivity index (χ3v) is 3.62. The average Bonchev–Trinajstić information content (AvgIpc) is 3.32. The normalized spacial score (nSPS) is 13.9. The molecule has 22 heavy (non-hydrogen) atoms. The largest absolute Gasteiger partial charge is 0.356 e. The number of amides is 1. The first-order valence-corrected chi connectivity index (χ1v) is 7.31.